The smallest absolute Gasteiger partial charge is 0.00258 e. The van der Waals surface area contributed by atoms with Gasteiger partial charge in [0.05, 0.1) is 0 Å². The van der Waals surface area contributed by atoms with Crippen molar-refractivity contribution in [1.82, 2.24) is 0 Å². The van der Waals surface area contributed by atoms with Crippen LogP contribution in [0, 0.1) is 6.92 Å². The molecule has 0 N–H and O–H groups in total. The van der Waals surface area contributed by atoms with Gasteiger partial charge in [-0.25, -0.2) is 0 Å². The van der Waals surface area contributed by atoms with Gasteiger partial charge >= 0.3 is 0 Å². The second-order valence-corrected chi connectivity index (χ2v) is 5.51. The summed E-state index contributed by atoms with van der Waals surface area (Å²) < 4.78 is 0. The first-order valence-corrected chi connectivity index (χ1v) is 10.4. The maximum absolute atomic E-state index is 2.16. The van der Waals surface area contributed by atoms with Crippen molar-refractivity contribution < 1.29 is 0 Å². The van der Waals surface area contributed by atoms with Crippen LogP contribution in [0.3, 0.4) is 0 Å². The zero-order chi connectivity index (χ0) is 20.8. The molecule has 0 saturated heterocycles. The van der Waals surface area contributed by atoms with Crippen molar-refractivity contribution in [2.45, 2.75) is 61.3 Å². The van der Waals surface area contributed by atoms with Crippen LogP contribution in [0.1, 0.15) is 64.7 Å². The predicted octanol–water partition coefficient (Wildman–Crippen LogP) is 8.74. The molecule has 0 aromatic heterocycles. The van der Waals surface area contributed by atoms with E-state index < -0.39 is 0 Å². The molecule has 148 valence electrons. The van der Waals surface area contributed by atoms with E-state index in [1.54, 1.807) is 0 Å². The molecule has 27 heavy (non-hydrogen) atoms. The molecule has 0 heteroatoms. The van der Waals surface area contributed by atoms with Crippen molar-refractivity contribution >= 4 is 0 Å². The van der Waals surface area contributed by atoms with Gasteiger partial charge in [0.2, 0.25) is 0 Å². The van der Waals surface area contributed by atoms with Crippen LogP contribution >= 0.6 is 0 Å². The highest BCUT2D eigenvalue weighted by Gasteiger charge is 1.92. The number of rotatable bonds is 2. The molecule has 0 aliphatic rings. The van der Waals surface area contributed by atoms with E-state index in [2.05, 4.69) is 93.6 Å². The molecule has 0 bridgehead atoms. The standard InChI is InChI=1S/C13H12.C7H8.C3H8.2C2H6/c1-3-7-12(8-4-1)11-13-9-5-2-6-10-13;1-7-5-3-2-4-6-7;1-3-2;2*1-2/h1-10H,11H2;2-6H,1H3;3H2,1-2H3;2*1-2H3. The first-order valence-electron chi connectivity index (χ1n) is 10.4. The van der Waals surface area contributed by atoms with Crippen molar-refractivity contribution in [1.29, 1.82) is 0 Å². The van der Waals surface area contributed by atoms with Crippen molar-refractivity contribution in [3.8, 4) is 0 Å². The zero-order valence-corrected chi connectivity index (χ0v) is 18.6. The van der Waals surface area contributed by atoms with Gasteiger partial charge in [0.1, 0.15) is 0 Å². The SMILES string of the molecule is CC.CC.CCC.Cc1ccccc1.c1ccc(Cc2ccccc2)cc1. The third-order valence-electron chi connectivity index (χ3n) is 3.03. The Kier molecular flexibility index (Phi) is 21.6. The summed E-state index contributed by atoms with van der Waals surface area (Å²) in [5.74, 6) is 0. The van der Waals surface area contributed by atoms with E-state index in [0.29, 0.717) is 0 Å². The summed E-state index contributed by atoms with van der Waals surface area (Å²) in [6.45, 7) is 14.3. The Hall–Kier alpha value is -2.34. The molecule has 0 nitrogen and oxygen atoms in total. The fraction of sp³-hybridized carbons (Fsp3) is 0.333. The fourth-order valence-corrected chi connectivity index (χ4v) is 1.96. The van der Waals surface area contributed by atoms with Crippen molar-refractivity contribution in [3.63, 3.8) is 0 Å². The maximum atomic E-state index is 2.16. The molecule has 3 aromatic carbocycles. The molecule has 0 amide bonds. The third kappa shape index (κ3) is 16.9. The highest BCUT2D eigenvalue weighted by molar-refractivity contribution is 5.25. The third-order valence-corrected chi connectivity index (χ3v) is 3.03. The molecular weight excluding hydrogens is 324 g/mol. The van der Waals surface area contributed by atoms with E-state index in [1.165, 1.54) is 23.1 Å². The molecule has 3 rings (SSSR count). The molecule has 3 aromatic rings. The molecule has 0 unspecified atom stereocenters. The Balaban J connectivity index is 0. The van der Waals surface area contributed by atoms with Crippen LogP contribution in [0.4, 0.5) is 0 Å². The van der Waals surface area contributed by atoms with Gasteiger partial charge in [-0.3, -0.25) is 0 Å². The molecule has 0 aliphatic heterocycles. The lowest BCUT2D eigenvalue weighted by Crippen LogP contribution is -1.85. The van der Waals surface area contributed by atoms with Crippen LogP contribution in [0.5, 0.6) is 0 Å². The van der Waals surface area contributed by atoms with Crippen molar-refractivity contribution in [2.75, 3.05) is 0 Å². The summed E-state index contributed by atoms with van der Waals surface area (Å²) in [5, 5.41) is 0. The fourth-order valence-electron chi connectivity index (χ4n) is 1.96. The van der Waals surface area contributed by atoms with Crippen LogP contribution in [-0.2, 0) is 6.42 Å². The second-order valence-electron chi connectivity index (χ2n) is 5.51. The average molecular weight is 365 g/mol. The first kappa shape index (κ1) is 26.9. The van der Waals surface area contributed by atoms with E-state index >= 15 is 0 Å². The van der Waals surface area contributed by atoms with Gasteiger partial charge in [-0.05, 0) is 24.5 Å². The lowest BCUT2D eigenvalue weighted by atomic mass is 10.1. The molecule has 0 saturated carbocycles. The lowest BCUT2D eigenvalue weighted by molar-refractivity contribution is 1.09. The van der Waals surface area contributed by atoms with Crippen LogP contribution in [0.2, 0.25) is 0 Å². The predicted molar refractivity (Wildman–Crippen MR) is 126 cm³/mol. The van der Waals surface area contributed by atoms with Crippen LogP contribution in [-0.4, -0.2) is 0 Å². The minimum atomic E-state index is 1.03. The van der Waals surface area contributed by atoms with Gasteiger partial charge in [-0.2, -0.15) is 0 Å². The molecule has 0 spiro atoms. The quantitative estimate of drug-likeness (QED) is 0.426. The molecular formula is C27H40. The molecule has 0 radical (unpaired) electrons. The number of aryl methyl sites for hydroxylation is 1. The van der Waals surface area contributed by atoms with E-state index in [4.69, 9.17) is 0 Å². The van der Waals surface area contributed by atoms with Gasteiger partial charge in [0.25, 0.3) is 0 Å². The zero-order valence-electron chi connectivity index (χ0n) is 18.6. The average Bonchev–Trinajstić information content (AvgIpc) is 2.74. The summed E-state index contributed by atoms with van der Waals surface area (Å²) in [7, 11) is 0. The van der Waals surface area contributed by atoms with Crippen molar-refractivity contribution in [3.05, 3.63) is 108 Å². The Labute approximate surface area is 169 Å². The Morgan fingerprint density at radius 3 is 0.963 bits per heavy atom. The summed E-state index contributed by atoms with van der Waals surface area (Å²) in [5.41, 5.74) is 4.06. The van der Waals surface area contributed by atoms with Gasteiger partial charge in [-0.15, -0.1) is 0 Å². The number of hydrogen-bond acceptors (Lipinski definition) is 0. The van der Waals surface area contributed by atoms with E-state index in [1.807, 2.05) is 45.9 Å². The Morgan fingerprint density at radius 2 is 0.741 bits per heavy atom. The summed E-state index contributed by atoms with van der Waals surface area (Å²) in [6.07, 6.45) is 2.28. The Morgan fingerprint density at radius 1 is 0.481 bits per heavy atom. The summed E-state index contributed by atoms with van der Waals surface area (Å²) in [4.78, 5) is 0. The van der Waals surface area contributed by atoms with Crippen LogP contribution in [0.25, 0.3) is 0 Å². The molecule has 0 heterocycles. The van der Waals surface area contributed by atoms with Gasteiger partial charge in [-0.1, -0.05) is 145 Å². The Bertz CT molecular complexity index is 560. The summed E-state index contributed by atoms with van der Waals surface area (Å²) in [6, 6.07) is 31.3. The number of hydrogen-bond donors (Lipinski definition) is 0. The van der Waals surface area contributed by atoms with E-state index in [-0.39, 0.29) is 0 Å². The minimum Gasteiger partial charge on any atom is -0.0683 e. The van der Waals surface area contributed by atoms with Gasteiger partial charge in [0, 0.05) is 0 Å². The largest absolute Gasteiger partial charge is 0.0683 e. The first-order chi connectivity index (χ1) is 13.3. The molecule has 0 atom stereocenters. The monoisotopic (exact) mass is 364 g/mol. The molecule has 0 fully saturated rings. The summed E-state index contributed by atoms with van der Waals surface area (Å²) >= 11 is 0. The highest BCUT2D eigenvalue weighted by Crippen LogP contribution is 2.07. The van der Waals surface area contributed by atoms with Gasteiger partial charge in [0.15, 0.2) is 0 Å². The normalized spacial score (nSPS) is 8.11. The van der Waals surface area contributed by atoms with E-state index in [9.17, 15) is 0 Å². The highest BCUT2D eigenvalue weighted by atomic mass is 14.0. The topological polar surface area (TPSA) is 0 Å². The van der Waals surface area contributed by atoms with Crippen LogP contribution < -0.4 is 0 Å². The molecule has 0 aliphatic carbocycles. The minimum absolute atomic E-state index is 1.03. The van der Waals surface area contributed by atoms with Crippen molar-refractivity contribution in [2.24, 2.45) is 0 Å². The maximum Gasteiger partial charge on any atom is -0.00258 e. The second kappa shape index (κ2) is 21.7. The van der Waals surface area contributed by atoms with Gasteiger partial charge < -0.3 is 0 Å². The number of benzene rings is 3. The lowest BCUT2D eigenvalue weighted by Gasteiger charge is -2.00. The van der Waals surface area contributed by atoms with Crippen LogP contribution in [0.15, 0.2) is 91.0 Å². The van der Waals surface area contributed by atoms with E-state index in [0.717, 1.165) is 6.42 Å².